The van der Waals surface area contributed by atoms with Gasteiger partial charge in [0, 0.05) is 18.4 Å². The summed E-state index contributed by atoms with van der Waals surface area (Å²) in [7, 11) is 0. The smallest absolute Gasteiger partial charge is 0.0315 e. The summed E-state index contributed by atoms with van der Waals surface area (Å²) in [5.41, 5.74) is 1.29. The Morgan fingerprint density at radius 3 is 2.71 bits per heavy atom. The summed E-state index contributed by atoms with van der Waals surface area (Å²) in [4.78, 5) is 4.18. The summed E-state index contributed by atoms with van der Waals surface area (Å²) < 4.78 is 0. The van der Waals surface area contributed by atoms with Crippen LogP contribution in [0.15, 0.2) is 24.5 Å². The van der Waals surface area contributed by atoms with Gasteiger partial charge in [0.2, 0.25) is 0 Å². The Morgan fingerprint density at radius 2 is 2.06 bits per heavy atom. The Bertz CT molecular complexity index is 302. The van der Waals surface area contributed by atoms with Gasteiger partial charge in [-0.3, -0.25) is 4.98 Å². The van der Waals surface area contributed by atoms with Crippen LogP contribution in [0.25, 0.3) is 0 Å². The lowest BCUT2D eigenvalue weighted by Gasteiger charge is -2.19. The standard InChI is InChI=1S/C15H24N2/c1-13(15-9-6-10-16-12-15)17-11-14-7-4-2-3-5-8-14/h6,9-10,12-14,17H,2-5,7-8,11H2,1H3/t13-/m0/s1. The molecule has 0 radical (unpaired) electrons. The van der Waals surface area contributed by atoms with Gasteiger partial charge in [0.05, 0.1) is 0 Å². The molecule has 0 saturated heterocycles. The highest BCUT2D eigenvalue weighted by Gasteiger charge is 2.13. The van der Waals surface area contributed by atoms with E-state index in [4.69, 9.17) is 0 Å². The highest BCUT2D eigenvalue weighted by atomic mass is 14.9. The lowest BCUT2D eigenvalue weighted by Crippen LogP contribution is -2.25. The molecule has 1 atom stereocenters. The van der Waals surface area contributed by atoms with Gasteiger partial charge < -0.3 is 5.32 Å². The molecule has 1 aliphatic carbocycles. The Kier molecular flexibility index (Phi) is 4.99. The van der Waals surface area contributed by atoms with Crippen molar-refractivity contribution in [3.05, 3.63) is 30.1 Å². The Hall–Kier alpha value is -0.890. The highest BCUT2D eigenvalue weighted by molar-refractivity contribution is 5.12. The fourth-order valence-electron chi connectivity index (χ4n) is 2.66. The molecule has 1 aliphatic rings. The Labute approximate surface area is 105 Å². The van der Waals surface area contributed by atoms with Gasteiger partial charge in [-0.1, -0.05) is 31.7 Å². The second-order valence-electron chi connectivity index (χ2n) is 5.27. The molecule has 0 aromatic carbocycles. The summed E-state index contributed by atoms with van der Waals surface area (Å²) in [5.74, 6) is 0.886. The first-order valence-corrected chi connectivity index (χ1v) is 6.99. The van der Waals surface area contributed by atoms with Gasteiger partial charge >= 0.3 is 0 Å². The number of nitrogens with one attached hydrogen (secondary N) is 1. The maximum Gasteiger partial charge on any atom is 0.0315 e. The van der Waals surface area contributed by atoms with Crippen molar-refractivity contribution in [2.75, 3.05) is 6.54 Å². The SMILES string of the molecule is C[C@H](NCC1CCCCCC1)c1cccnc1. The minimum Gasteiger partial charge on any atom is -0.310 e. The van der Waals surface area contributed by atoms with Crippen LogP contribution in [0.4, 0.5) is 0 Å². The summed E-state index contributed by atoms with van der Waals surface area (Å²) in [6.07, 6.45) is 12.3. The lowest BCUT2D eigenvalue weighted by atomic mass is 9.99. The van der Waals surface area contributed by atoms with Gasteiger partial charge in [0.1, 0.15) is 0 Å². The molecule has 2 nitrogen and oxygen atoms in total. The van der Waals surface area contributed by atoms with Crippen molar-refractivity contribution in [2.24, 2.45) is 5.92 Å². The zero-order valence-corrected chi connectivity index (χ0v) is 10.9. The van der Waals surface area contributed by atoms with Crippen LogP contribution in [0.3, 0.4) is 0 Å². The zero-order chi connectivity index (χ0) is 11.9. The average Bonchev–Trinajstić information content (AvgIpc) is 2.65. The molecule has 1 aromatic rings. The molecule has 94 valence electrons. The van der Waals surface area contributed by atoms with Crippen LogP contribution >= 0.6 is 0 Å². The zero-order valence-electron chi connectivity index (χ0n) is 10.9. The van der Waals surface area contributed by atoms with Gasteiger partial charge in [-0.15, -0.1) is 0 Å². The van der Waals surface area contributed by atoms with E-state index in [9.17, 15) is 0 Å². The van der Waals surface area contributed by atoms with Crippen molar-refractivity contribution >= 4 is 0 Å². The van der Waals surface area contributed by atoms with Crippen LogP contribution < -0.4 is 5.32 Å². The number of nitrogens with zero attached hydrogens (tertiary/aromatic N) is 1. The van der Waals surface area contributed by atoms with E-state index >= 15 is 0 Å². The second-order valence-corrected chi connectivity index (χ2v) is 5.27. The Balaban J connectivity index is 1.77. The third-order valence-electron chi connectivity index (χ3n) is 3.87. The molecular formula is C15H24N2. The predicted octanol–water partition coefficient (Wildman–Crippen LogP) is 3.70. The van der Waals surface area contributed by atoms with E-state index in [1.165, 1.54) is 44.1 Å². The number of pyridine rings is 1. The molecule has 1 N–H and O–H groups in total. The molecule has 2 heteroatoms. The van der Waals surface area contributed by atoms with E-state index in [1.54, 1.807) is 0 Å². The van der Waals surface area contributed by atoms with Gasteiger partial charge in [0.15, 0.2) is 0 Å². The van der Waals surface area contributed by atoms with Crippen molar-refractivity contribution < 1.29 is 0 Å². The van der Waals surface area contributed by atoms with E-state index < -0.39 is 0 Å². The minimum atomic E-state index is 0.423. The average molecular weight is 232 g/mol. The summed E-state index contributed by atoms with van der Waals surface area (Å²) in [5, 5.41) is 3.66. The van der Waals surface area contributed by atoms with Crippen molar-refractivity contribution in [1.82, 2.24) is 10.3 Å². The predicted molar refractivity (Wildman–Crippen MR) is 71.8 cm³/mol. The molecular weight excluding hydrogens is 208 g/mol. The molecule has 1 fully saturated rings. The molecule has 0 amide bonds. The quantitative estimate of drug-likeness (QED) is 0.801. The van der Waals surface area contributed by atoms with Crippen LogP contribution in [0, 0.1) is 5.92 Å². The molecule has 1 saturated carbocycles. The monoisotopic (exact) mass is 232 g/mol. The maximum absolute atomic E-state index is 4.18. The molecule has 0 aliphatic heterocycles. The molecule has 17 heavy (non-hydrogen) atoms. The van der Waals surface area contributed by atoms with Crippen LogP contribution in [0.2, 0.25) is 0 Å². The first kappa shape index (κ1) is 12.6. The van der Waals surface area contributed by atoms with E-state index in [-0.39, 0.29) is 0 Å². The number of aromatic nitrogens is 1. The van der Waals surface area contributed by atoms with E-state index in [1.807, 2.05) is 18.5 Å². The molecule has 0 spiro atoms. The van der Waals surface area contributed by atoms with Crippen molar-refractivity contribution in [3.63, 3.8) is 0 Å². The molecule has 1 heterocycles. The van der Waals surface area contributed by atoms with Gasteiger partial charge in [-0.2, -0.15) is 0 Å². The summed E-state index contributed by atoms with van der Waals surface area (Å²) in [6.45, 7) is 3.39. The Morgan fingerprint density at radius 1 is 1.29 bits per heavy atom. The molecule has 0 unspecified atom stereocenters. The minimum absolute atomic E-state index is 0.423. The third kappa shape index (κ3) is 4.12. The summed E-state index contributed by atoms with van der Waals surface area (Å²) >= 11 is 0. The molecule has 2 rings (SSSR count). The molecule has 1 aromatic heterocycles. The van der Waals surface area contributed by atoms with Gasteiger partial charge in [-0.25, -0.2) is 0 Å². The van der Waals surface area contributed by atoms with Crippen molar-refractivity contribution in [3.8, 4) is 0 Å². The second kappa shape index (κ2) is 6.75. The van der Waals surface area contributed by atoms with Gasteiger partial charge in [-0.05, 0) is 43.9 Å². The highest BCUT2D eigenvalue weighted by Crippen LogP contribution is 2.23. The van der Waals surface area contributed by atoms with Crippen LogP contribution in [0.1, 0.15) is 57.1 Å². The van der Waals surface area contributed by atoms with Crippen LogP contribution in [-0.4, -0.2) is 11.5 Å². The van der Waals surface area contributed by atoms with Crippen molar-refractivity contribution in [2.45, 2.75) is 51.5 Å². The fourth-order valence-corrected chi connectivity index (χ4v) is 2.66. The normalized spacial score (nSPS) is 19.8. The van der Waals surface area contributed by atoms with Crippen molar-refractivity contribution in [1.29, 1.82) is 0 Å². The first-order valence-electron chi connectivity index (χ1n) is 6.99. The van der Waals surface area contributed by atoms with E-state index in [2.05, 4.69) is 23.3 Å². The first-order chi connectivity index (χ1) is 8.36. The molecule has 0 bridgehead atoms. The van der Waals surface area contributed by atoms with Crippen LogP contribution in [0.5, 0.6) is 0 Å². The van der Waals surface area contributed by atoms with Gasteiger partial charge in [0.25, 0.3) is 0 Å². The fraction of sp³-hybridized carbons (Fsp3) is 0.667. The number of hydrogen-bond acceptors (Lipinski definition) is 2. The van der Waals surface area contributed by atoms with E-state index in [0.717, 1.165) is 12.5 Å². The topological polar surface area (TPSA) is 24.9 Å². The summed E-state index contributed by atoms with van der Waals surface area (Å²) in [6, 6.07) is 4.59. The van der Waals surface area contributed by atoms with E-state index in [0.29, 0.717) is 6.04 Å². The largest absolute Gasteiger partial charge is 0.310 e. The number of rotatable bonds is 4. The maximum atomic E-state index is 4.18. The lowest BCUT2D eigenvalue weighted by molar-refractivity contribution is 0.402. The van der Waals surface area contributed by atoms with Crippen LogP contribution in [-0.2, 0) is 0 Å². The number of hydrogen-bond donors (Lipinski definition) is 1. The third-order valence-corrected chi connectivity index (χ3v) is 3.87.